The summed E-state index contributed by atoms with van der Waals surface area (Å²) < 4.78 is 26.3. The van der Waals surface area contributed by atoms with Crippen molar-refractivity contribution in [3.05, 3.63) is 30.1 Å². The summed E-state index contributed by atoms with van der Waals surface area (Å²) in [4.78, 5) is 12.8. The monoisotopic (exact) mass is 313 g/mol. The van der Waals surface area contributed by atoms with Gasteiger partial charge in [-0.25, -0.2) is 9.18 Å². The van der Waals surface area contributed by atoms with Gasteiger partial charge in [0.1, 0.15) is 12.5 Å². The molecule has 9 heteroatoms. The SMILES string of the molecule is O=C1N(c2ccc(F)cc2)CN(SC(Cl)Cl)N1F. The van der Waals surface area contributed by atoms with Crippen LogP contribution < -0.4 is 4.90 Å². The molecule has 1 aliphatic rings. The largest absolute Gasteiger partial charge is 0.370 e. The lowest BCUT2D eigenvalue weighted by atomic mass is 10.3. The lowest BCUT2D eigenvalue weighted by molar-refractivity contribution is -0.0290. The van der Waals surface area contributed by atoms with Gasteiger partial charge in [-0.3, -0.25) is 4.90 Å². The van der Waals surface area contributed by atoms with Crippen molar-refractivity contribution in [1.82, 2.24) is 9.65 Å². The van der Waals surface area contributed by atoms with Crippen molar-refractivity contribution < 1.29 is 13.7 Å². The van der Waals surface area contributed by atoms with Gasteiger partial charge in [-0.05, 0) is 36.2 Å². The molecule has 98 valence electrons. The maximum absolute atomic E-state index is 13.5. The van der Waals surface area contributed by atoms with E-state index in [-0.39, 0.29) is 11.9 Å². The van der Waals surface area contributed by atoms with Gasteiger partial charge in [0.15, 0.2) is 4.17 Å². The Bertz CT molecular complexity index is 448. The number of carbonyl (C=O) groups excluding carboxylic acids is 1. The average Bonchev–Trinajstić information content (AvgIpc) is 2.58. The van der Waals surface area contributed by atoms with E-state index in [1.807, 2.05) is 0 Å². The predicted octanol–water partition coefficient (Wildman–Crippen LogP) is 3.54. The summed E-state index contributed by atoms with van der Waals surface area (Å²) in [5.74, 6) is -0.435. The molecule has 0 atom stereocenters. The van der Waals surface area contributed by atoms with Gasteiger partial charge in [0.25, 0.3) is 0 Å². The number of hydrazine groups is 1. The summed E-state index contributed by atoms with van der Waals surface area (Å²) in [6, 6.07) is 4.25. The molecule has 0 N–H and O–H groups in total. The Kier molecular flexibility index (Phi) is 4.16. The van der Waals surface area contributed by atoms with Crippen LogP contribution in [0.25, 0.3) is 0 Å². The predicted molar refractivity (Wildman–Crippen MR) is 67.0 cm³/mol. The minimum atomic E-state index is -0.899. The molecule has 2 amide bonds. The molecule has 1 aromatic carbocycles. The van der Waals surface area contributed by atoms with Crippen molar-refractivity contribution in [2.75, 3.05) is 11.6 Å². The Morgan fingerprint density at radius 3 is 2.44 bits per heavy atom. The van der Waals surface area contributed by atoms with E-state index in [1.54, 1.807) is 0 Å². The number of nitrogens with zero attached hydrogens (tertiary/aromatic N) is 3. The van der Waals surface area contributed by atoms with Crippen LogP contribution in [0, 0.1) is 5.82 Å². The minimum Gasteiger partial charge on any atom is -0.275 e. The molecule has 18 heavy (non-hydrogen) atoms. The number of halogens is 4. The topological polar surface area (TPSA) is 26.8 Å². The fourth-order valence-electron chi connectivity index (χ4n) is 1.41. The fraction of sp³-hybridized carbons (Fsp3) is 0.222. The number of hydrogen-bond acceptors (Lipinski definition) is 3. The average molecular weight is 314 g/mol. The number of urea groups is 1. The van der Waals surface area contributed by atoms with Crippen LogP contribution in [-0.4, -0.2) is 26.5 Å². The highest BCUT2D eigenvalue weighted by atomic mass is 35.5. The molecule has 1 saturated heterocycles. The number of amides is 2. The van der Waals surface area contributed by atoms with Crippen molar-refractivity contribution in [3.8, 4) is 0 Å². The Labute approximate surface area is 116 Å². The molecule has 2 rings (SSSR count). The Balaban J connectivity index is 2.15. The van der Waals surface area contributed by atoms with Gasteiger partial charge in [0, 0.05) is 5.69 Å². The fourth-order valence-corrected chi connectivity index (χ4v) is 2.48. The highest BCUT2D eigenvalue weighted by Crippen LogP contribution is 2.32. The number of benzene rings is 1. The Morgan fingerprint density at radius 1 is 1.28 bits per heavy atom. The molecule has 1 fully saturated rings. The first kappa shape index (κ1) is 13.7. The van der Waals surface area contributed by atoms with Crippen LogP contribution in [0.3, 0.4) is 0 Å². The molecule has 0 unspecified atom stereocenters. The molecule has 0 aromatic heterocycles. The molecule has 0 spiro atoms. The molecule has 0 saturated carbocycles. The Hall–Kier alpha value is -0.760. The molecule has 1 heterocycles. The standard InChI is InChI=1S/C9H7Cl2F2N3OS/c10-8(11)18-15-5-14(9(17)16(15)13)7-3-1-6(12)2-4-7/h1-4,8H,5H2. The third-order valence-corrected chi connectivity index (χ3v) is 3.33. The lowest BCUT2D eigenvalue weighted by Crippen LogP contribution is -2.28. The Morgan fingerprint density at radius 2 is 1.89 bits per heavy atom. The highest BCUT2D eigenvalue weighted by Gasteiger charge is 2.38. The second kappa shape index (κ2) is 5.48. The van der Waals surface area contributed by atoms with E-state index in [9.17, 15) is 13.7 Å². The molecule has 0 bridgehead atoms. The zero-order chi connectivity index (χ0) is 13.3. The third kappa shape index (κ3) is 2.80. The molecule has 0 radical (unpaired) electrons. The molecule has 1 aliphatic heterocycles. The summed E-state index contributed by atoms with van der Waals surface area (Å²) >= 11 is 11.8. The number of rotatable bonds is 3. The van der Waals surface area contributed by atoms with E-state index in [2.05, 4.69) is 0 Å². The van der Waals surface area contributed by atoms with Crippen LogP contribution in [0.4, 0.5) is 19.4 Å². The van der Waals surface area contributed by atoms with E-state index < -0.39 is 16.0 Å². The first-order chi connectivity index (χ1) is 8.49. The minimum absolute atomic E-state index is 0.0679. The van der Waals surface area contributed by atoms with E-state index >= 15 is 0 Å². The molecule has 0 aliphatic carbocycles. The summed E-state index contributed by atoms with van der Waals surface area (Å²) in [7, 11) is 0. The summed E-state index contributed by atoms with van der Waals surface area (Å²) in [5.41, 5.74) is 0.382. The summed E-state index contributed by atoms with van der Waals surface area (Å²) in [6.45, 7) is -0.0679. The van der Waals surface area contributed by atoms with Gasteiger partial charge in [-0.2, -0.15) is 0 Å². The van der Waals surface area contributed by atoms with E-state index in [1.165, 1.54) is 24.3 Å². The second-order valence-corrected chi connectivity index (χ2v) is 6.02. The lowest BCUT2D eigenvalue weighted by Gasteiger charge is -2.15. The van der Waals surface area contributed by atoms with Crippen molar-refractivity contribution in [2.45, 2.75) is 4.17 Å². The van der Waals surface area contributed by atoms with Crippen molar-refractivity contribution >= 4 is 46.9 Å². The molecule has 4 nitrogen and oxygen atoms in total. The van der Waals surface area contributed by atoms with Crippen molar-refractivity contribution in [1.29, 1.82) is 0 Å². The maximum atomic E-state index is 13.5. The summed E-state index contributed by atoms with van der Waals surface area (Å²) in [6.07, 6.45) is 0. The normalized spacial score (nSPS) is 17.1. The van der Waals surface area contributed by atoms with Crippen LogP contribution in [0.15, 0.2) is 24.3 Å². The van der Waals surface area contributed by atoms with Crippen LogP contribution in [-0.2, 0) is 0 Å². The van der Waals surface area contributed by atoms with E-state index in [4.69, 9.17) is 23.2 Å². The van der Waals surface area contributed by atoms with Crippen LogP contribution in [0.1, 0.15) is 0 Å². The number of hydrogen-bond donors (Lipinski definition) is 0. The van der Waals surface area contributed by atoms with Crippen LogP contribution in [0.2, 0.25) is 0 Å². The zero-order valence-electron chi connectivity index (χ0n) is 8.76. The quantitative estimate of drug-likeness (QED) is 0.485. The van der Waals surface area contributed by atoms with Gasteiger partial charge in [-0.1, -0.05) is 32.9 Å². The van der Waals surface area contributed by atoms with Gasteiger partial charge in [0.2, 0.25) is 0 Å². The van der Waals surface area contributed by atoms with Gasteiger partial charge < -0.3 is 0 Å². The molecule has 1 aromatic rings. The van der Waals surface area contributed by atoms with Crippen molar-refractivity contribution in [3.63, 3.8) is 0 Å². The highest BCUT2D eigenvalue weighted by molar-refractivity contribution is 8.00. The van der Waals surface area contributed by atoms with Gasteiger partial charge >= 0.3 is 6.03 Å². The van der Waals surface area contributed by atoms with Gasteiger partial charge in [-0.15, -0.1) is 4.41 Å². The van der Waals surface area contributed by atoms with Gasteiger partial charge in [0.05, 0.1) is 0 Å². The maximum Gasteiger partial charge on any atom is 0.370 e. The number of anilines is 1. The third-order valence-electron chi connectivity index (χ3n) is 2.19. The first-order valence-corrected chi connectivity index (χ1v) is 6.45. The van der Waals surface area contributed by atoms with E-state index in [0.717, 1.165) is 21.3 Å². The molecular formula is C9H7Cl2F2N3OS. The van der Waals surface area contributed by atoms with Crippen LogP contribution >= 0.6 is 35.1 Å². The number of alkyl halides is 2. The van der Waals surface area contributed by atoms with E-state index in [0.29, 0.717) is 5.69 Å². The van der Waals surface area contributed by atoms with Crippen LogP contribution in [0.5, 0.6) is 0 Å². The number of carbonyl (C=O) groups is 1. The molecular weight excluding hydrogens is 307 g/mol. The summed E-state index contributed by atoms with van der Waals surface area (Å²) in [5, 5.41) is -0.0915. The first-order valence-electron chi connectivity index (χ1n) is 4.74. The second-order valence-electron chi connectivity index (χ2n) is 3.31. The smallest absolute Gasteiger partial charge is 0.275 e. The zero-order valence-corrected chi connectivity index (χ0v) is 11.1. The van der Waals surface area contributed by atoms with Crippen molar-refractivity contribution in [2.24, 2.45) is 0 Å².